The first-order chi connectivity index (χ1) is 4.41. The molecule has 0 rings (SSSR count). The van der Waals surface area contributed by atoms with Crippen LogP contribution in [-0.4, -0.2) is 19.8 Å². The van der Waals surface area contributed by atoms with E-state index in [0.717, 1.165) is 13.1 Å². The van der Waals surface area contributed by atoms with E-state index < -0.39 is 0 Å². The van der Waals surface area contributed by atoms with Crippen molar-refractivity contribution < 1.29 is 4.39 Å². The maximum absolute atomic E-state index is 11.4. The summed E-state index contributed by atoms with van der Waals surface area (Å²) >= 11 is 0. The maximum Gasteiger partial charge on any atom is 0.0906 e. The van der Waals surface area contributed by atoms with Crippen molar-refractivity contribution in [3.8, 4) is 0 Å². The zero-order valence-electron chi connectivity index (χ0n) is 5.86. The fourth-order valence-electron chi connectivity index (χ4n) is 0.495. The lowest BCUT2D eigenvalue weighted by atomic mass is 10.4. The smallest absolute Gasteiger partial charge is 0.0906 e. The monoisotopic (exact) mass is 131 g/mol. The zero-order valence-corrected chi connectivity index (χ0v) is 5.86. The Morgan fingerprint density at radius 3 is 2.89 bits per heavy atom. The van der Waals surface area contributed by atoms with Crippen molar-refractivity contribution in [1.29, 1.82) is 0 Å². The highest BCUT2D eigenvalue weighted by atomic mass is 19.1. The third-order valence-corrected chi connectivity index (χ3v) is 0.985. The van der Waals surface area contributed by atoms with E-state index >= 15 is 0 Å². The Morgan fingerprint density at radius 1 is 1.56 bits per heavy atom. The van der Waals surface area contributed by atoms with Gasteiger partial charge in [0.25, 0.3) is 0 Å². The Morgan fingerprint density at radius 2 is 2.33 bits per heavy atom. The van der Waals surface area contributed by atoms with Crippen LogP contribution in [-0.2, 0) is 0 Å². The molecule has 0 spiro atoms. The summed E-state index contributed by atoms with van der Waals surface area (Å²) in [6.07, 6.45) is 4.61. The first kappa shape index (κ1) is 8.63. The second-order valence-electron chi connectivity index (χ2n) is 1.82. The lowest BCUT2D eigenvalue weighted by molar-refractivity contribution is 0.464. The van der Waals surface area contributed by atoms with E-state index in [9.17, 15) is 4.39 Å². The Balaban J connectivity index is 2.75. The molecule has 0 aliphatic rings. The van der Waals surface area contributed by atoms with Gasteiger partial charge in [-0.3, -0.25) is 4.39 Å². The molecule has 0 heterocycles. The van der Waals surface area contributed by atoms with Crippen molar-refractivity contribution in [2.45, 2.75) is 13.3 Å². The first-order valence-corrected chi connectivity index (χ1v) is 3.29. The van der Waals surface area contributed by atoms with Crippen LogP contribution in [0, 0.1) is 0 Å². The molecule has 0 radical (unpaired) electrons. The van der Waals surface area contributed by atoms with Gasteiger partial charge in [0.2, 0.25) is 0 Å². The van der Waals surface area contributed by atoms with Crippen LogP contribution in [0.3, 0.4) is 0 Å². The molecule has 0 amide bonds. The average molecular weight is 131 g/mol. The molecule has 0 aromatic carbocycles. The Labute approximate surface area is 56.0 Å². The molecule has 0 aromatic rings. The van der Waals surface area contributed by atoms with Gasteiger partial charge in [-0.05, 0) is 19.9 Å². The molecular weight excluding hydrogens is 117 g/mol. The van der Waals surface area contributed by atoms with E-state index in [2.05, 4.69) is 5.32 Å². The van der Waals surface area contributed by atoms with Crippen molar-refractivity contribution >= 4 is 0 Å². The molecule has 9 heavy (non-hydrogen) atoms. The summed E-state index contributed by atoms with van der Waals surface area (Å²) in [5.41, 5.74) is 0. The van der Waals surface area contributed by atoms with Crippen molar-refractivity contribution in [3.05, 3.63) is 12.2 Å². The highest BCUT2D eigenvalue weighted by molar-refractivity contribution is 4.78. The molecule has 2 heteroatoms. The van der Waals surface area contributed by atoms with Crippen molar-refractivity contribution in [2.24, 2.45) is 0 Å². The first-order valence-electron chi connectivity index (χ1n) is 3.29. The summed E-state index contributed by atoms with van der Waals surface area (Å²) < 4.78 is 11.4. The Bertz CT molecular complexity index is 71.3. The fraction of sp³-hybridized carbons (Fsp3) is 0.714. The summed E-state index contributed by atoms with van der Waals surface area (Å²) in [6, 6.07) is 0. The lowest BCUT2D eigenvalue weighted by Gasteiger charge is -1.95. The predicted molar refractivity (Wildman–Crippen MR) is 38.3 cm³/mol. The van der Waals surface area contributed by atoms with E-state index in [1.165, 1.54) is 0 Å². The molecular formula is C7H14FN. The number of alkyl halides is 1. The number of hydrogen-bond donors (Lipinski definition) is 1. The highest BCUT2D eigenvalue weighted by Gasteiger charge is 1.81. The third kappa shape index (κ3) is 7.63. The van der Waals surface area contributed by atoms with Crippen molar-refractivity contribution in [3.63, 3.8) is 0 Å². The molecule has 1 nitrogen and oxygen atoms in total. The van der Waals surface area contributed by atoms with E-state index in [1.54, 1.807) is 0 Å². The standard InChI is InChI=1S/C7H14FN/c1-2-3-6-9-7-4-5-8/h2-3,9H,4-7H2,1H3/b3-2+. The largest absolute Gasteiger partial charge is 0.313 e. The Kier molecular flexibility index (Phi) is 7.32. The second kappa shape index (κ2) is 7.63. The minimum Gasteiger partial charge on any atom is -0.313 e. The molecule has 0 atom stereocenters. The third-order valence-electron chi connectivity index (χ3n) is 0.985. The van der Waals surface area contributed by atoms with Gasteiger partial charge < -0.3 is 5.32 Å². The predicted octanol–water partition coefficient (Wildman–Crippen LogP) is 1.51. The lowest BCUT2D eigenvalue weighted by Crippen LogP contribution is -2.15. The number of nitrogens with one attached hydrogen (secondary N) is 1. The van der Waals surface area contributed by atoms with Gasteiger partial charge in [0.05, 0.1) is 6.67 Å². The van der Waals surface area contributed by atoms with E-state index in [1.807, 2.05) is 19.1 Å². The van der Waals surface area contributed by atoms with Gasteiger partial charge in [-0.15, -0.1) is 0 Å². The van der Waals surface area contributed by atoms with Gasteiger partial charge >= 0.3 is 0 Å². The summed E-state index contributed by atoms with van der Waals surface area (Å²) in [5.74, 6) is 0. The van der Waals surface area contributed by atoms with Crippen LogP contribution in [0.1, 0.15) is 13.3 Å². The van der Waals surface area contributed by atoms with Gasteiger partial charge in [0, 0.05) is 6.54 Å². The number of halogens is 1. The van der Waals surface area contributed by atoms with Crippen molar-refractivity contribution in [1.82, 2.24) is 5.32 Å². The minimum absolute atomic E-state index is 0.219. The molecule has 0 unspecified atom stereocenters. The van der Waals surface area contributed by atoms with Crippen LogP contribution in [0.2, 0.25) is 0 Å². The molecule has 0 aliphatic heterocycles. The van der Waals surface area contributed by atoms with Crippen LogP contribution in [0.5, 0.6) is 0 Å². The average Bonchev–Trinajstić information content (AvgIpc) is 1.89. The van der Waals surface area contributed by atoms with Gasteiger partial charge in [0.1, 0.15) is 0 Å². The normalized spacial score (nSPS) is 10.9. The molecule has 1 N–H and O–H groups in total. The number of rotatable bonds is 5. The minimum atomic E-state index is -0.219. The summed E-state index contributed by atoms with van der Waals surface area (Å²) in [6.45, 7) is 3.39. The second-order valence-corrected chi connectivity index (χ2v) is 1.82. The highest BCUT2D eigenvalue weighted by Crippen LogP contribution is 1.76. The van der Waals surface area contributed by atoms with E-state index in [0.29, 0.717) is 6.42 Å². The van der Waals surface area contributed by atoms with Gasteiger partial charge in [0.15, 0.2) is 0 Å². The Hall–Kier alpha value is -0.370. The van der Waals surface area contributed by atoms with E-state index in [4.69, 9.17) is 0 Å². The van der Waals surface area contributed by atoms with Crippen LogP contribution < -0.4 is 5.32 Å². The molecule has 0 aliphatic carbocycles. The molecule has 0 saturated carbocycles. The SMILES string of the molecule is C/C=C/CNCCCF. The molecule has 0 bridgehead atoms. The summed E-state index contributed by atoms with van der Waals surface area (Å²) in [5, 5.41) is 3.06. The molecule has 54 valence electrons. The summed E-state index contributed by atoms with van der Waals surface area (Å²) in [4.78, 5) is 0. The summed E-state index contributed by atoms with van der Waals surface area (Å²) in [7, 11) is 0. The van der Waals surface area contributed by atoms with Crippen LogP contribution >= 0.6 is 0 Å². The van der Waals surface area contributed by atoms with Crippen LogP contribution in [0.25, 0.3) is 0 Å². The van der Waals surface area contributed by atoms with Crippen LogP contribution in [0.4, 0.5) is 4.39 Å². The fourth-order valence-corrected chi connectivity index (χ4v) is 0.495. The van der Waals surface area contributed by atoms with E-state index in [-0.39, 0.29) is 6.67 Å². The maximum atomic E-state index is 11.4. The van der Waals surface area contributed by atoms with Gasteiger partial charge in [-0.2, -0.15) is 0 Å². The van der Waals surface area contributed by atoms with Crippen molar-refractivity contribution in [2.75, 3.05) is 19.8 Å². The molecule has 0 aromatic heterocycles. The topological polar surface area (TPSA) is 12.0 Å². The number of allylic oxidation sites excluding steroid dienone is 1. The molecule has 0 fully saturated rings. The quantitative estimate of drug-likeness (QED) is 0.440. The molecule has 0 saturated heterocycles. The van der Waals surface area contributed by atoms with Crippen LogP contribution in [0.15, 0.2) is 12.2 Å². The van der Waals surface area contributed by atoms with Gasteiger partial charge in [-0.25, -0.2) is 0 Å². The zero-order chi connectivity index (χ0) is 6.95. The van der Waals surface area contributed by atoms with Gasteiger partial charge in [-0.1, -0.05) is 12.2 Å². The number of hydrogen-bond acceptors (Lipinski definition) is 1.